The second-order valence-electron chi connectivity index (χ2n) is 6.57. The molecular weight excluding hydrogens is 346 g/mol. The Morgan fingerprint density at radius 1 is 1.00 bits per heavy atom. The molecule has 138 valence electrons. The van der Waals surface area contributed by atoms with Gasteiger partial charge < -0.3 is 0 Å². The Kier molecular flexibility index (Phi) is 5.24. The lowest BCUT2D eigenvalue weighted by atomic mass is 10.1. The van der Waals surface area contributed by atoms with Gasteiger partial charge in [0.1, 0.15) is 11.5 Å². The number of anilines is 1. The van der Waals surface area contributed by atoms with E-state index in [9.17, 15) is 0 Å². The summed E-state index contributed by atoms with van der Waals surface area (Å²) in [5, 5.41) is 9.17. The molecule has 5 nitrogen and oxygen atoms in total. The summed E-state index contributed by atoms with van der Waals surface area (Å²) in [5.41, 5.74) is 8.30. The Labute approximate surface area is 164 Å². The minimum atomic E-state index is 0.701. The number of rotatable bonds is 6. The number of aryl methyl sites for hydroxylation is 1. The van der Waals surface area contributed by atoms with Gasteiger partial charge in [-0.2, -0.15) is 10.2 Å². The van der Waals surface area contributed by atoms with Gasteiger partial charge in [0.05, 0.1) is 12.8 Å². The van der Waals surface area contributed by atoms with Gasteiger partial charge in [-0.05, 0) is 30.7 Å². The second kappa shape index (κ2) is 8.31. The topological polar surface area (TPSA) is 55.1 Å². The van der Waals surface area contributed by atoms with E-state index in [-0.39, 0.29) is 0 Å². The van der Waals surface area contributed by atoms with Crippen molar-refractivity contribution in [3.8, 4) is 11.3 Å². The molecule has 5 heteroatoms. The molecule has 0 saturated carbocycles. The van der Waals surface area contributed by atoms with E-state index in [1.165, 1.54) is 11.1 Å². The zero-order valence-electron chi connectivity index (χ0n) is 15.7. The number of hydrogen-bond acceptors (Lipinski definition) is 4. The van der Waals surface area contributed by atoms with Crippen LogP contribution in [0.3, 0.4) is 0 Å². The van der Waals surface area contributed by atoms with Gasteiger partial charge in [0.25, 0.3) is 0 Å². The number of hydrogen-bond donors (Lipinski definition) is 1. The fourth-order valence-electron chi connectivity index (χ4n) is 3.00. The molecule has 2 aromatic carbocycles. The standard InChI is InChI=1S/C23H21N5/c1-18-8-7-11-20(14-18)23-21(15-25-26-22-12-5-6-13-24-22)17-28(27-23)16-19-9-3-2-4-10-19/h2-15,17H,16H2,1H3,(H,24,26)/b25-15-. The first-order valence-electron chi connectivity index (χ1n) is 9.16. The largest absolute Gasteiger partial charge is 0.267 e. The first-order valence-corrected chi connectivity index (χ1v) is 9.16. The average molecular weight is 367 g/mol. The molecule has 0 atom stereocenters. The molecule has 2 heterocycles. The van der Waals surface area contributed by atoms with Crippen molar-refractivity contribution >= 4 is 12.0 Å². The fourth-order valence-corrected chi connectivity index (χ4v) is 3.00. The molecule has 0 amide bonds. The average Bonchev–Trinajstić information content (AvgIpc) is 3.12. The second-order valence-corrected chi connectivity index (χ2v) is 6.57. The Hall–Kier alpha value is -3.73. The van der Waals surface area contributed by atoms with Crippen molar-refractivity contribution in [1.82, 2.24) is 14.8 Å². The third kappa shape index (κ3) is 4.32. The molecule has 0 saturated heterocycles. The van der Waals surface area contributed by atoms with Crippen molar-refractivity contribution < 1.29 is 0 Å². The van der Waals surface area contributed by atoms with Crippen molar-refractivity contribution in [1.29, 1.82) is 0 Å². The minimum absolute atomic E-state index is 0.701. The highest BCUT2D eigenvalue weighted by Crippen LogP contribution is 2.22. The minimum Gasteiger partial charge on any atom is -0.267 e. The molecule has 0 radical (unpaired) electrons. The Bertz CT molecular complexity index is 1070. The Balaban J connectivity index is 1.64. The van der Waals surface area contributed by atoms with Crippen LogP contribution < -0.4 is 5.43 Å². The van der Waals surface area contributed by atoms with Crippen LogP contribution in [0, 0.1) is 6.92 Å². The van der Waals surface area contributed by atoms with Crippen molar-refractivity contribution in [2.75, 3.05) is 5.43 Å². The fraction of sp³-hybridized carbons (Fsp3) is 0.0870. The van der Waals surface area contributed by atoms with Gasteiger partial charge in [0.15, 0.2) is 0 Å². The lowest BCUT2D eigenvalue weighted by molar-refractivity contribution is 0.689. The third-order valence-corrected chi connectivity index (χ3v) is 4.32. The molecule has 0 aliphatic rings. The van der Waals surface area contributed by atoms with Crippen LogP contribution in [0.4, 0.5) is 5.82 Å². The molecule has 0 unspecified atom stereocenters. The van der Waals surface area contributed by atoms with Crippen molar-refractivity contribution in [2.24, 2.45) is 5.10 Å². The molecule has 28 heavy (non-hydrogen) atoms. The van der Waals surface area contributed by atoms with Gasteiger partial charge in [-0.3, -0.25) is 10.1 Å². The number of benzene rings is 2. The first-order chi connectivity index (χ1) is 13.8. The van der Waals surface area contributed by atoms with E-state index >= 15 is 0 Å². The van der Waals surface area contributed by atoms with Gasteiger partial charge in [0, 0.05) is 23.5 Å². The molecular formula is C23H21N5. The van der Waals surface area contributed by atoms with Crippen LogP contribution in [0.1, 0.15) is 16.7 Å². The lowest BCUT2D eigenvalue weighted by Crippen LogP contribution is -2.00. The third-order valence-electron chi connectivity index (χ3n) is 4.32. The number of nitrogens with zero attached hydrogens (tertiary/aromatic N) is 4. The van der Waals surface area contributed by atoms with Crippen LogP contribution in [0.15, 0.2) is 90.3 Å². The van der Waals surface area contributed by atoms with E-state index in [0.717, 1.165) is 16.8 Å². The molecule has 0 fully saturated rings. The van der Waals surface area contributed by atoms with E-state index < -0.39 is 0 Å². The summed E-state index contributed by atoms with van der Waals surface area (Å²) in [6.45, 7) is 2.79. The highest BCUT2D eigenvalue weighted by molar-refractivity contribution is 5.89. The smallest absolute Gasteiger partial charge is 0.146 e. The maximum absolute atomic E-state index is 4.82. The number of pyridine rings is 1. The number of hydrazone groups is 1. The predicted octanol–water partition coefficient (Wildman–Crippen LogP) is 4.75. The normalized spacial score (nSPS) is 11.0. The van der Waals surface area contributed by atoms with Crippen LogP contribution in [0.2, 0.25) is 0 Å². The van der Waals surface area contributed by atoms with E-state index in [1.807, 2.05) is 53.3 Å². The molecule has 1 N–H and O–H groups in total. The van der Waals surface area contributed by atoms with Crippen LogP contribution in [0.5, 0.6) is 0 Å². The van der Waals surface area contributed by atoms with Gasteiger partial charge in [-0.25, -0.2) is 4.98 Å². The van der Waals surface area contributed by atoms with Gasteiger partial charge >= 0.3 is 0 Å². The van der Waals surface area contributed by atoms with Crippen molar-refractivity contribution in [3.63, 3.8) is 0 Å². The van der Waals surface area contributed by atoms with Gasteiger partial charge in [-0.1, -0.05) is 60.2 Å². The molecule has 4 aromatic rings. The summed E-state index contributed by atoms with van der Waals surface area (Å²) < 4.78 is 1.95. The molecule has 0 aliphatic heterocycles. The van der Waals surface area contributed by atoms with Crippen molar-refractivity contribution in [2.45, 2.75) is 13.5 Å². The maximum atomic E-state index is 4.82. The quantitative estimate of drug-likeness (QED) is 0.395. The summed E-state index contributed by atoms with van der Waals surface area (Å²) in [5.74, 6) is 0.701. The summed E-state index contributed by atoms with van der Waals surface area (Å²) in [6.07, 6.45) is 5.54. The van der Waals surface area contributed by atoms with Crippen LogP contribution in [-0.2, 0) is 6.54 Å². The van der Waals surface area contributed by atoms with Crippen LogP contribution in [-0.4, -0.2) is 21.0 Å². The first kappa shape index (κ1) is 17.7. The van der Waals surface area contributed by atoms with E-state index in [2.05, 4.69) is 52.8 Å². The monoisotopic (exact) mass is 367 g/mol. The molecule has 0 bridgehead atoms. The number of nitrogens with one attached hydrogen (secondary N) is 1. The van der Waals surface area contributed by atoms with E-state index in [4.69, 9.17) is 5.10 Å². The summed E-state index contributed by atoms with van der Waals surface area (Å²) in [6, 6.07) is 24.3. The van der Waals surface area contributed by atoms with E-state index in [1.54, 1.807) is 12.4 Å². The Morgan fingerprint density at radius 3 is 2.64 bits per heavy atom. The molecule has 0 aliphatic carbocycles. The summed E-state index contributed by atoms with van der Waals surface area (Å²) in [7, 11) is 0. The van der Waals surface area contributed by atoms with Crippen LogP contribution in [0.25, 0.3) is 11.3 Å². The zero-order chi connectivity index (χ0) is 19.2. The highest BCUT2D eigenvalue weighted by Gasteiger charge is 2.10. The number of aromatic nitrogens is 3. The van der Waals surface area contributed by atoms with Crippen LogP contribution >= 0.6 is 0 Å². The lowest BCUT2D eigenvalue weighted by Gasteiger charge is -2.02. The van der Waals surface area contributed by atoms with E-state index in [0.29, 0.717) is 12.4 Å². The Morgan fingerprint density at radius 2 is 1.86 bits per heavy atom. The molecule has 4 rings (SSSR count). The zero-order valence-corrected chi connectivity index (χ0v) is 15.7. The van der Waals surface area contributed by atoms with Crippen molar-refractivity contribution in [3.05, 3.63) is 102 Å². The SMILES string of the molecule is Cc1cccc(-c2nn(Cc3ccccc3)cc2/C=N\Nc2ccccn2)c1. The van der Waals surface area contributed by atoms with Gasteiger partial charge in [-0.15, -0.1) is 0 Å². The predicted molar refractivity (Wildman–Crippen MR) is 113 cm³/mol. The van der Waals surface area contributed by atoms with Gasteiger partial charge in [0.2, 0.25) is 0 Å². The highest BCUT2D eigenvalue weighted by atomic mass is 15.3. The molecule has 0 spiro atoms. The summed E-state index contributed by atoms with van der Waals surface area (Å²) >= 11 is 0. The summed E-state index contributed by atoms with van der Waals surface area (Å²) in [4.78, 5) is 4.22. The molecule has 2 aromatic heterocycles. The maximum Gasteiger partial charge on any atom is 0.146 e.